The number of amides is 2. The maximum Gasteiger partial charge on any atom is 0.228 e. The number of rotatable bonds is 5. The zero-order chi connectivity index (χ0) is 18.7. The Morgan fingerprint density at radius 2 is 2.00 bits per heavy atom. The van der Waals surface area contributed by atoms with Gasteiger partial charge in [-0.15, -0.1) is 0 Å². The minimum Gasteiger partial charge on any atom is -0.495 e. The fourth-order valence-electron chi connectivity index (χ4n) is 2.42. The van der Waals surface area contributed by atoms with Crippen molar-refractivity contribution >= 4 is 55.8 Å². The molecule has 2 amide bonds. The number of ether oxygens (including phenoxy) is 1. The number of methoxy groups -OCH3 is 1. The molecule has 0 saturated heterocycles. The van der Waals surface area contributed by atoms with Crippen molar-refractivity contribution in [1.29, 1.82) is 0 Å². The highest BCUT2D eigenvalue weighted by Gasteiger charge is 2.10. The molecule has 6 nitrogen and oxygen atoms in total. The Kier molecular flexibility index (Phi) is 5.39. The number of nitrogens with zero attached hydrogens (tertiary/aromatic N) is 1. The highest BCUT2D eigenvalue weighted by molar-refractivity contribution is 7.22. The van der Waals surface area contributed by atoms with Gasteiger partial charge in [0.05, 0.1) is 28.8 Å². The highest BCUT2D eigenvalue weighted by Crippen LogP contribution is 2.28. The normalized spacial score (nSPS) is 10.6. The first-order valence-corrected chi connectivity index (χ1v) is 8.94. The fourth-order valence-corrected chi connectivity index (χ4v) is 3.65. The van der Waals surface area contributed by atoms with Gasteiger partial charge in [0.1, 0.15) is 5.75 Å². The van der Waals surface area contributed by atoms with Gasteiger partial charge in [0, 0.05) is 12.6 Å². The van der Waals surface area contributed by atoms with E-state index in [4.69, 9.17) is 16.3 Å². The third kappa shape index (κ3) is 4.30. The zero-order valence-electron chi connectivity index (χ0n) is 14.1. The van der Waals surface area contributed by atoms with Crippen LogP contribution in [-0.4, -0.2) is 23.9 Å². The molecule has 1 heterocycles. The van der Waals surface area contributed by atoms with Crippen LogP contribution in [0.1, 0.15) is 12.5 Å². The van der Waals surface area contributed by atoms with Crippen LogP contribution in [0.25, 0.3) is 10.2 Å². The average molecular weight is 390 g/mol. The Hall–Kier alpha value is -2.64. The third-order valence-corrected chi connectivity index (χ3v) is 4.77. The van der Waals surface area contributed by atoms with E-state index in [-0.39, 0.29) is 18.2 Å². The molecule has 0 radical (unpaired) electrons. The number of aromatic nitrogens is 1. The van der Waals surface area contributed by atoms with Gasteiger partial charge in [0.25, 0.3) is 0 Å². The number of anilines is 2. The predicted octanol–water partition coefficient (Wildman–Crippen LogP) is 4.10. The molecule has 134 valence electrons. The molecule has 2 N–H and O–H groups in total. The van der Waals surface area contributed by atoms with E-state index in [9.17, 15) is 9.59 Å². The van der Waals surface area contributed by atoms with Gasteiger partial charge in [-0.2, -0.15) is 0 Å². The van der Waals surface area contributed by atoms with E-state index in [1.807, 2.05) is 18.2 Å². The molecular formula is C18H16ClN3O3S. The van der Waals surface area contributed by atoms with E-state index in [0.29, 0.717) is 21.6 Å². The first kappa shape index (κ1) is 18.2. The van der Waals surface area contributed by atoms with Crippen molar-refractivity contribution in [1.82, 2.24) is 4.98 Å². The second-order valence-corrected chi connectivity index (χ2v) is 7.01. The lowest BCUT2D eigenvalue weighted by atomic mass is 10.1. The summed E-state index contributed by atoms with van der Waals surface area (Å²) in [5, 5.41) is 6.46. The molecule has 2 aromatic carbocycles. The number of hydrogen-bond donors (Lipinski definition) is 2. The molecule has 0 unspecified atom stereocenters. The van der Waals surface area contributed by atoms with Crippen molar-refractivity contribution in [2.24, 2.45) is 0 Å². The summed E-state index contributed by atoms with van der Waals surface area (Å²) in [6.07, 6.45) is 0.215. The summed E-state index contributed by atoms with van der Waals surface area (Å²) >= 11 is 7.44. The molecule has 3 rings (SSSR count). The van der Waals surface area contributed by atoms with Crippen molar-refractivity contribution in [2.75, 3.05) is 17.7 Å². The first-order chi connectivity index (χ1) is 12.4. The van der Waals surface area contributed by atoms with Crippen LogP contribution in [0.5, 0.6) is 5.75 Å². The predicted molar refractivity (Wildman–Crippen MR) is 104 cm³/mol. The molecule has 0 spiro atoms. The van der Waals surface area contributed by atoms with E-state index in [1.165, 1.54) is 25.4 Å². The molecule has 8 heteroatoms. The van der Waals surface area contributed by atoms with Crippen LogP contribution in [0.4, 0.5) is 10.8 Å². The van der Waals surface area contributed by atoms with Gasteiger partial charge in [-0.25, -0.2) is 4.98 Å². The summed E-state index contributed by atoms with van der Waals surface area (Å²) < 4.78 is 6.00. The van der Waals surface area contributed by atoms with Crippen LogP contribution >= 0.6 is 22.9 Å². The van der Waals surface area contributed by atoms with E-state index in [2.05, 4.69) is 15.6 Å². The lowest BCUT2D eigenvalue weighted by Gasteiger charge is -2.08. The number of benzene rings is 2. The standard InChI is InChI=1S/C18H16ClN3O3S/c1-10(23)20-18-22-14-5-3-11(7-16(14)26-18)8-17(24)21-12-4-6-15(25-2)13(19)9-12/h3-7,9H,8H2,1-2H3,(H,21,24)(H,20,22,23). The van der Waals surface area contributed by atoms with Gasteiger partial charge < -0.3 is 15.4 Å². The highest BCUT2D eigenvalue weighted by atomic mass is 35.5. The van der Waals surface area contributed by atoms with Gasteiger partial charge >= 0.3 is 0 Å². The summed E-state index contributed by atoms with van der Waals surface area (Å²) in [7, 11) is 1.53. The fraction of sp³-hybridized carbons (Fsp3) is 0.167. The number of nitrogens with one attached hydrogen (secondary N) is 2. The Balaban J connectivity index is 1.70. The maximum atomic E-state index is 12.3. The monoisotopic (exact) mass is 389 g/mol. The van der Waals surface area contributed by atoms with Gasteiger partial charge in [-0.05, 0) is 35.9 Å². The van der Waals surface area contributed by atoms with Crippen molar-refractivity contribution in [3.63, 3.8) is 0 Å². The molecular weight excluding hydrogens is 374 g/mol. The summed E-state index contributed by atoms with van der Waals surface area (Å²) in [5.74, 6) is 0.231. The van der Waals surface area contributed by atoms with Crippen LogP contribution in [0.2, 0.25) is 5.02 Å². The Labute approximate surface area is 159 Å². The van der Waals surface area contributed by atoms with Crippen LogP contribution in [0.15, 0.2) is 36.4 Å². The molecule has 0 aliphatic carbocycles. The minimum absolute atomic E-state index is 0.155. The molecule has 0 bridgehead atoms. The number of hydrogen-bond acceptors (Lipinski definition) is 5. The molecule has 0 saturated carbocycles. The lowest BCUT2D eigenvalue weighted by molar-refractivity contribution is -0.116. The lowest BCUT2D eigenvalue weighted by Crippen LogP contribution is -2.14. The van der Waals surface area contributed by atoms with Crippen molar-refractivity contribution in [3.8, 4) is 5.75 Å². The Morgan fingerprint density at radius 3 is 2.69 bits per heavy atom. The summed E-state index contributed by atoms with van der Waals surface area (Å²) in [5.41, 5.74) is 2.24. The quantitative estimate of drug-likeness (QED) is 0.688. The van der Waals surface area contributed by atoms with Crippen molar-refractivity contribution in [3.05, 3.63) is 47.0 Å². The number of carbonyl (C=O) groups is 2. The minimum atomic E-state index is -0.165. The van der Waals surface area contributed by atoms with E-state index in [0.717, 1.165) is 15.8 Å². The number of thiazole rings is 1. The zero-order valence-corrected chi connectivity index (χ0v) is 15.7. The van der Waals surface area contributed by atoms with Gasteiger partial charge in [-0.3, -0.25) is 9.59 Å². The summed E-state index contributed by atoms with van der Waals surface area (Å²) in [4.78, 5) is 27.7. The SMILES string of the molecule is COc1ccc(NC(=O)Cc2ccc3nc(NC(C)=O)sc3c2)cc1Cl. The van der Waals surface area contributed by atoms with Gasteiger partial charge in [0.15, 0.2) is 5.13 Å². The Bertz CT molecular complexity index is 987. The van der Waals surface area contributed by atoms with Crippen molar-refractivity contribution < 1.29 is 14.3 Å². The topological polar surface area (TPSA) is 80.3 Å². The third-order valence-electron chi connectivity index (χ3n) is 3.54. The van der Waals surface area contributed by atoms with Gasteiger partial charge in [0.2, 0.25) is 11.8 Å². The number of carbonyl (C=O) groups excluding carboxylic acids is 2. The molecule has 0 fully saturated rings. The second-order valence-electron chi connectivity index (χ2n) is 5.58. The first-order valence-electron chi connectivity index (χ1n) is 7.75. The number of fused-ring (bicyclic) bond motifs is 1. The second kappa shape index (κ2) is 7.72. The van der Waals surface area contributed by atoms with Crippen molar-refractivity contribution in [2.45, 2.75) is 13.3 Å². The smallest absolute Gasteiger partial charge is 0.228 e. The van der Waals surface area contributed by atoms with Crippen LogP contribution in [0, 0.1) is 0 Å². The van der Waals surface area contributed by atoms with Crippen LogP contribution in [0.3, 0.4) is 0 Å². The molecule has 3 aromatic rings. The number of halogens is 1. The molecule has 0 aliphatic rings. The Morgan fingerprint density at radius 1 is 1.19 bits per heavy atom. The molecule has 0 aliphatic heterocycles. The van der Waals surface area contributed by atoms with E-state index in [1.54, 1.807) is 18.2 Å². The maximum absolute atomic E-state index is 12.3. The largest absolute Gasteiger partial charge is 0.495 e. The molecule has 26 heavy (non-hydrogen) atoms. The summed E-state index contributed by atoms with van der Waals surface area (Å²) in [6.45, 7) is 1.44. The van der Waals surface area contributed by atoms with Gasteiger partial charge in [-0.1, -0.05) is 29.0 Å². The molecule has 1 aromatic heterocycles. The average Bonchev–Trinajstić information content (AvgIpc) is 2.95. The van der Waals surface area contributed by atoms with Crippen LogP contribution < -0.4 is 15.4 Å². The van der Waals surface area contributed by atoms with E-state index < -0.39 is 0 Å². The van der Waals surface area contributed by atoms with E-state index >= 15 is 0 Å². The molecule has 0 atom stereocenters. The summed E-state index contributed by atoms with van der Waals surface area (Å²) in [6, 6.07) is 10.7. The van der Waals surface area contributed by atoms with Crippen LogP contribution in [-0.2, 0) is 16.0 Å².